The molecule has 0 unspecified atom stereocenters. The molecule has 0 bridgehead atoms. The number of para-hydroxylation sites is 2. The second-order valence-electron chi connectivity index (χ2n) is 21.5. The van der Waals surface area contributed by atoms with Crippen LogP contribution in [0, 0.1) is 6.67 Å². The third kappa shape index (κ3) is 10.6. The van der Waals surface area contributed by atoms with E-state index in [-0.39, 0.29) is 44.0 Å². The van der Waals surface area contributed by atoms with Gasteiger partial charge in [-0.05, 0) is 119 Å². The summed E-state index contributed by atoms with van der Waals surface area (Å²) >= 11 is 0. The Hall–Kier alpha value is -5.65. The molecule has 0 amide bonds. The van der Waals surface area contributed by atoms with Crippen LogP contribution in [0.4, 0.5) is 11.4 Å². The fraction of sp³-hybridized carbons (Fsp3) is 0.267. The van der Waals surface area contributed by atoms with Gasteiger partial charge in [0.2, 0.25) is 0 Å². The first kappa shape index (κ1) is 47.3. The summed E-state index contributed by atoms with van der Waals surface area (Å²) in [6.45, 7) is 29.8. The van der Waals surface area contributed by atoms with Crippen LogP contribution in [-0.2, 0) is 44.0 Å². The molecule has 0 spiro atoms. The van der Waals surface area contributed by atoms with Crippen molar-refractivity contribution >= 4 is 39.0 Å². The van der Waals surface area contributed by atoms with E-state index in [0.29, 0.717) is 0 Å². The number of benzene rings is 7. The van der Waals surface area contributed by atoms with Gasteiger partial charge in [-0.15, -0.1) is 17.7 Å². The SMILES string of the molecule is CC(C)(C)c1cc(C2=NN(c3cc(-c4ccccc4)cc(-c4ccccc4)c3)[CH-]N2c2cc(C(C)(C)C)cc(C(C)(C)C)c2)cc(C(C)(C)C)c1.[Au].c1ccc2c(c1)[n-]c1ccccc12. The normalized spacial score (nSPS) is 13.4. The molecule has 0 atom stereocenters. The fourth-order valence-electron chi connectivity index (χ4n) is 8.15. The molecule has 1 aliphatic rings. The van der Waals surface area contributed by atoms with E-state index in [1.54, 1.807) is 0 Å². The van der Waals surface area contributed by atoms with Gasteiger partial charge in [-0.1, -0.05) is 204 Å². The molecular formula is C60H64AuN4-2. The van der Waals surface area contributed by atoms with Crippen molar-refractivity contribution in [2.75, 3.05) is 9.91 Å². The first-order valence-electron chi connectivity index (χ1n) is 22.7. The van der Waals surface area contributed by atoms with Gasteiger partial charge in [0.05, 0.1) is 0 Å². The molecule has 0 saturated heterocycles. The summed E-state index contributed by atoms with van der Waals surface area (Å²) in [4.78, 5) is 6.83. The van der Waals surface area contributed by atoms with Crippen molar-refractivity contribution in [1.29, 1.82) is 0 Å². The van der Waals surface area contributed by atoms with Gasteiger partial charge in [0.25, 0.3) is 0 Å². The van der Waals surface area contributed by atoms with E-state index in [4.69, 9.17) is 5.10 Å². The standard InChI is InChI=1S/C48H56N3.C12H8N.Au/c1-45(2,3)38-24-37(25-39(28-38)46(4,5)6)44-49-51(32-50(44)42-30-40(47(7,8)9)29-41(31-42)48(10,11)12)43-26-35(33-19-15-13-16-20-33)23-36(27-43)34-21-17-14-18-22-34;1-3-7-11-9(5-1)10-6-2-4-8-12(10)13-11;/h13-32H,1-12H3;1-8H;/q2*-1;. The molecule has 0 aliphatic carbocycles. The minimum atomic E-state index is -0.0242. The van der Waals surface area contributed by atoms with Gasteiger partial charge in [-0.3, -0.25) is 0 Å². The molecule has 1 aliphatic heterocycles. The molecule has 0 fully saturated rings. The second-order valence-corrected chi connectivity index (χ2v) is 21.5. The van der Waals surface area contributed by atoms with Crippen molar-refractivity contribution in [2.24, 2.45) is 5.10 Å². The minimum Gasteiger partial charge on any atom is -0.657 e. The maximum atomic E-state index is 5.51. The second kappa shape index (κ2) is 18.3. The fourth-order valence-corrected chi connectivity index (χ4v) is 8.15. The van der Waals surface area contributed by atoms with Crippen LogP contribution in [0.2, 0.25) is 0 Å². The Bertz CT molecular complexity index is 2780. The number of anilines is 2. The number of hydrogen-bond acceptors (Lipinski definition) is 3. The summed E-state index contributed by atoms with van der Waals surface area (Å²) in [7, 11) is 0. The van der Waals surface area contributed by atoms with Crippen molar-refractivity contribution in [3.63, 3.8) is 0 Å². The Kier molecular flexibility index (Phi) is 13.3. The van der Waals surface area contributed by atoms with Crippen molar-refractivity contribution in [2.45, 2.75) is 105 Å². The third-order valence-electron chi connectivity index (χ3n) is 12.2. The minimum absolute atomic E-state index is 0. The smallest absolute Gasteiger partial charge is 0.129 e. The Morgan fingerprint density at radius 1 is 0.385 bits per heavy atom. The Morgan fingerprint density at radius 3 is 1.18 bits per heavy atom. The summed E-state index contributed by atoms with van der Waals surface area (Å²) in [6.07, 6.45) is 0. The van der Waals surface area contributed by atoms with Crippen LogP contribution >= 0.6 is 0 Å². The molecule has 0 saturated carbocycles. The van der Waals surface area contributed by atoms with Crippen LogP contribution in [0.5, 0.6) is 0 Å². The van der Waals surface area contributed by atoms with Gasteiger partial charge in [-0.25, -0.2) is 0 Å². The first-order chi connectivity index (χ1) is 30.2. The predicted molar refractivity (Wildman–Crippen MR) is 276 cm³/mol. The Balaban J connectivity index is 0.000000381. The largest absolute Gasteiger partial charge is 0.657 e. The van der Waals surface area contributed by atoms with Crippen molar-refractivity contribution in [1.82, 2.24) is 4.98 Å². The zero-order valence-corrected chi connectivity index (χ0v) is 42.4. The molecule has 337 valence electrons. The molecule has 65 heavy (non-hydrogen) atoms. The Morgan fingerprint density at radius 2 is 0.769 bits per heavy atom. The molecule has 8 aromatic rings. The monoisotopic (exact) mass is 1040 g/mol. The molecule has 9 rings (SSSR count). The number of hydrogen-bond donors (Lipinski definition) is 0. The summed E-state index contributed by atoms with van der Waals surface area (Å²) in [5.41, 5.74) is 15.2. The molecule has 1 radical (unpaired) electrons. The van der Waals surface area contributed by atoms with E-state index in [0.717, 1.165) is 44.9 Å². The van der Waals surface area contributed by atoms with E-state index >= 15 is 0 Å². The van der Waals surface area contributed by atoms with E-state index in [1.807, 2.05) is 12.1 Å². The van der Waals surface area contributed by atoms with E-state index < -0.39 is 0 Å². The number of hydrazone groups is 1. The van der Waals surface area contributed by atoms with E-state index in [9.17, 15) is 0 Å². The van der Waals surface area contributed by atoms with Crippen molar-refractivity contribution in [3.8, 4) is 22.3 Å². The van der Waals surface area contributed by atoms with Crippen LogP contribution in [0.1, 0.15) is 111 Å². The third-order valence-corrected chi connectivity index (χ3v) is 12.2. The van der Waals surface area contributed by atoms with Crippen LogP contribution in [-0.4, -0.2) is 5.84 Å². The summed E-state index contributed by atoms with van der Waals surface area (Å²) in [5.74, 6) is 0.920. The molecule has 1 aromatic heterocycles. The Labute approximate surface area is 404 Å². The average Bonchev–Trinajstić information content (AvgIpc) is 3.89. The molecule has 4 nitrogen and oxygen atoms in total. The number of nitrogens with zero attached hydrogens (tertiary/aromatic N) is 4. The average molecular weight is 1040 g/mol. The van der Waals surface area contributed by atoms with Gasteiger partial charge in [0.15, 0.2) is 0 Å². The predicted octanol–water partition coefficient (Wildman–Crippen LogP) is 16.0. The van der Waals surface area contributed by atoms with Crippen molar-refractivity contribution in [3.05, 3.63) is 198 Å². The zero-order chi connectivity index (χ0) is 45.6. The number of fused-ring (bicyclic) bond motifs is 3. The summed E-state index contributed by atoms with van der Waals surface area (Å²) in [6, 6.07) is 58.8. The number of amidine groups is 1. The molecular weight excluding hydrogens is 974 g/mol. The molecule has 0 N–H and O–H groups in total. The quantitative estimate of drug-likeness (QED) is 0.127. The van der Waals surface area contributed by atoms with Gasteiger partial charge >= 0.3 is 0 Å². The maximum Gasteiger partial charge on any atom is 0.129 e. The maximum absolute atomic E-state index is 5.51. The van der Waals surface area contributed by atoms with Crippen LogP contribution < -0.4 is 14.9 Å². The first-order valence-corrected chi connectivity index (χ1v) is 22.7. The molecule has 5 heteroatoms. The van der Waals surface area contributed by atoms with Gasteiger partial charge in [-0.2, -0.15) is 5.10 Å². The molecule has 2 heterocycles. The van der Waals surface area contributed by atoms with Gasteiger partial charge in [0.1, 0.15) is 5.84 Å². The summed E-state index contributed by atoms with van der Waals surface area (Å²) < 4.78 is 0. The van der Waals surface area contributed by atoms with Crippen LogP contribution in [0.25, 0.3) is 44.1 Å². The number of rotatable bonds is 5. The molecule has 7 aromatic carbocycles. The van der Waals surface area contributed by atoms with Gasteiger partial charge < -0.3 is 14.9 Å². The van der Waals surface area contributed by atoms with E-state index in [2.05, 4.69) is 256 Å². The number of aromatic nitrogens is 1. The van der Waals surface area contributed by atoms with Crippen molar-refractivity contribution < 1.29 is 22.4 Å². The van der Waals surface area contributed by atoms with E-state index in [1.165, 1.54) is 44.2 Å². The topological polar surface area (TPSA) is 32.9 Å². The summed E-state index contributed by atoms with van der Waals surface area (Å²) in [5, 5.41) is 10.1. The van der Waals surface area contributed by atoms with Crippen LogP contribution in [0.3, 0.4) is 0 Å². The zero-order valence-electron chi connectivity index (χ0n) is 40.3. The van der Waals surface area contributed by atoms with Crippen LogP contribution in [0.15, 0.2) is 169 Å². The van der Waals surface area contributed by atoms with Gasteiger partial charge in [0, 0.05) is 39.3 Å².